The summed E-state index contributed by atoms with van der Waals surface area (Å²) in [7, 11) is 1.59. The van der Waals surface area contributed by atoms with Gasteiger partial charge in [0, 0.05) is 6.04 Å². The van der Waals surface area contributed by atoms with Crippen LogP contribution in [0.25, 0.3) is 0 Å². The second-order valence-electron chi connectivity index (χ2n) is 4.61. The zero-order valence-electron chi connectivity index (χ0n) is 11.6. The molecule has 2 aromatic carbocycles. The van der Waals surface area contributed by atoms with Crippen LogP contribution in [0.5, 0.6) is 11.5 Å². The Hall–Kier alpha value is -2.07. The molecule has 106 valence electrons. The fraction of sp³-hybridized carbons (Fsp3) is 0.250. The fourth-order valence-corrected chi connectivity index (χ4v) is 1.83. The third-order valence-corrected chi connectivity index (χ3v) is 3.02. The molecule has 2 N–H and O–H groups in total. The summed E-state index contributed by atoms with van der Waals surface area (Å²) >= 11 is 0. The number of ether oxygens (including phenoxy) is 2. The highest BCUT2D eigenvalue weighted by molar-refractivity contribution is 5.43. The van der Waals surface area contributed by atoms with E-state index in [1.54, 1.807) is 19.2 Å². The van der Waals surface area contributed by atoms with Gasteiger partial charge in [0.1, 0.15) is 12.4 Å². The van der Waals surface area contributed by atoms with Crippen molar-refractivity contribution in [3.63, 3.8) is 0 Å². The molecule has 0 aliphatic carbocycles. The van der Waals surface area contributed by atoms with Crippen LogP contribution < -0.4 is 15.2 Å². The minimum absolute atomic E-state index is 0.0601. The zero-order chi connectivity index (χ0) is 14.5. The molecule has 0 saturated carbocycles. The van der Waals surface area contributed by atoms with Gasteiger partial charge in [-0.15, -0.1) is 0 Å². The van der Waals surface area contributed by atoms with E-state index in [0.717, 1.165) is 11.1 Å². The van der Waals surface area contributed by atoms with E-state index in [1.807, 2.05) is 25.1 Å². The average molecular weight is 275 g/mol. The summed E-state index contributed by atoms with van der Waals surface area (Å²) in [4.78, 5) is 0. The Morgan fingerprint density at radius 2 is 1.80 bits per heavy atom. The van der Waals surface area contributed by atoms with E-state index in [-0.39, 0.29) is 11.9 Å². The van der Waals surface area contributed by atoms with E-state index >= 15 is 0 Å². The topological polar surface area (TPSA) is 44.5 Å². The van der Waals surface area contributed by atoms with E-state index in [2.05, 4.69) is 0 Å². The van der Waals surface area contributed by atoms with Gasteiger partial charge in [-0.25, -0.2) is 4.39 Å². The minimum atomic E-state index is -0.257. The standard InChI is InChI=1S/C16H18FNO2/c1-11(18)13-5-8-15(16(9-13)19-2)20-10-12-3-6-14(17)7-4-12/h3-9,11H,10,18H2,1-2H3/t11-/m1/s1. The monoisotopic (exact) mass is 275 g/mol. The molecule has 0 heterocycles. The second kappa shape index (κ2) is 6.39. The molecule has 0 aliphatic rings. The van der Waals surface area contributed by atoms with Crippen LogP contribution in [-0.4, -0.2) is 7.11 Å². The van der Waals surface area contributed by atoms with Crippen molar-refractivity contribution in [1.29, 1.82) is 0 Å². The van der Waals surface area contributed by atoms with Crippen LogP contribution in [0, 0.1) is 5.82 Å². The maximum atomic E-state index is 12.8. The summed E-state index contributed by atoms with van der Waals surface area (Å²) in [5, 5.41) is 0. The summed E-state index contributed by atoms with van der Waals surface area (Å²) in [5.41, 5.74) is 7.71. The van der Waals surface area contributed by atoms with Crippen LogP contribution in [-0.2, 0) is 6.61 Å². The van der Waals surface area contributed by atoms with Crippen LogP contribution in [0.3, 0.4) is 0 Å². The molecule has 0 aromatic heterocycles. The molecule has 4 heteroatoms. The van der Waals surface area contributed by atoms with Gasteiger partial charge in [-0.05, 0) is 42.3 Å². The Morgan fingerprint density at radius 3 is 2.40 bits per heavy atom. The molecule has 20 heavy (non-hydrogen) atoms. The first kappa shape index (κ1) is 14.3. The first-order valence-electron chi connectivity index (χ1n) is 6.41. The van der Waals surface area contributed by atoms with Crippen LogP contribution in [0.1, 0.15) is 24.1 Å². The van der Waals surface area contributed by atoms with Crippen molar-refractivity contribution in [3.8, 4) is 11.5 Å². The lowest BCUT2D eigenvalue weighted by atomic mass is 10.1. The van der Waals surface area contributed by atoms with E-state index in [0.29, 0.717) is 18.1 Å². The SMILES string of the molecule is COc1cc([C@@H](C)N)ccc1OCc1ccc(F)cc1. The molecule has 0 bridgehead atoms. The maximum absolute atomic E-state index is 12.8. The molecule has 0 saturated heterocycles. The molecule has 0 fully saturated rings. The Kier molecular flexibility index (Phi) is 4.58. The highest BCUT2D eigenvalue weighted by Crippen LogP contribution is 2.30. The fourth-order valence-electron chi connectivity index (χ4n) is 1.83. The highest BCUT2D eigenvalue weighted by Gasteiger charge is 2.08. The molecule has 0 spiro atoms. The van der Waals surface area contributed by atoms with Crippen molar-refractivity contribution in [2.24, 2.45) is 5.73 Å². The molecule has 0 unspecified atom stereocenters. The van der Waals surface area contributed by atoms with Crippen molar-refractivity contribution in [2.75, 3.05) is 7.11 Å². The predicted molar refractivity (Wildman–Crippen MR) is 76.3 cm³/mol. The Morgan fingerprint density at radius 1 is 1.10 bits per heavy atom. The van der Waals surface area contributed by atoms with Crippen molar-refractivity contribution in [3.05, 3.63) is 59.4 Å². The average Bonchev–Trinajstić information content (AvgIpc) is 2.46. The number of rotatable bonds is 5. The van der Waals surface area contributed by atoms with Crippen LogP contribution in [0.15, 0.2) is 42.5 Å². The van der Waals surface area contributed by atoms with Gasteiger partial charge in [-0.2, -0.15) is 0 Å². The number of hydrogen-bond acceptors (Lipinski definition) is 3. The molecule has 0 aliphatic heterocycles. The lowest BCUT2D eigenvalue weighted by Crippen LogP contribution is -2.05. The lowest BCUT2D eigenvalue weighted by Gasteiger charge is -2.13. The van der Waals surface area contributed by atoms with E-state index in [1.165, 1.54) is 12.1 Å². The van der Waals surface area contributed by atoms with E-state index in [4.69, 9.17) is 15.2 Å². The first-order chi connectivity index (χ1) is 9.60. The van der Waals surface area contributed by atoms with Gasteiger partial charge in [0.25, 0.3) is 0 Å². The summed E-state index contributed by atoms with van der Waals surface area (Å²) in [6, 6.07) is 11.8. The van der Waals surface area contributed by atoms with E-state index < -0.39 is 0 Å². The Labute approximate surface area is 118 Å². The van der Waals surface area contributed by atoms with Crippen molar-refractivity contribution in [1.82, 2.24) is 0 Å². The van der Waals surface area contributed by atoms with Crippen LogP contribution >= 0.6 is 0 Å². The van der Waals surface area contributed by atoms with E-state index in [9.17, 15) is 4.39 Å². The lowest BCUT2D eigenvalue weighted by molar-refractivity contribution is 0.284. The molecule has 2 rings (SSSR count). The molecular formula is C16H18FNO2. The Balaban J connectivity index is 2.10. The van der Waals surface area contributed by atoms with Gasteiger partial charge in [-0.3, -0.25) is 0 Å². The van der Waals surface area contributed by atoms with Gasteiger partial charge in [0.05, 0.1) is 7.11 Å². The maximum Gasteiger partial charge on any atom is 0.161 e. The smallest absolute Gasteiger partial charge is 0.161 e. The number of halogens is 1. The summed E-state index contributed by atoms with van der Waals surface area (Å²) in [6.07, 6.45) is 0. The molecular weight excluding hydrogens is 257 g/mol. The van der Waals surface area contributed by atoms with Gasteiger partial charge in [0.2, 0.25) is 0 Å². The quantitative estimate of drug-likeness (QED) is 0.909. The summed E-state index contributed by atoms with van der Waals surface area (Å²) in [5.74, 6) is 1.02. The zero-order valence-corrected chi connectivity index (χ0v) is 11.6. The highest BCUT2D eigenvalue weighted by atomic mass is 19.1. The van der Waals surface area contributed by atoms with Crippen molar-refractivity contribution in [2.45, 2.75) is 19.6 Å². The second-order valence-corrected chi connectivity index (χ2v) is 4.61. The number of methoxy groups -OCH3 is 1. The van der Waals surface area contributed by atoms with Gasteiger partial charge in [-0.1, -0.05) is 18.2 Å². The van der Waals surface area contributed by atoms with Crippen LogP contribution in [0.2, 0.25) is 0 Å². The molecule has 2 aromatic rings. The predicted octanol–water partition coefficient (Wildman–Crippen LogP) is 3.43. The third kappa shape index (κ3) is 3.48. The number of benzene rings is 2. The first-order valence-corrected chi connectivity index (χ1v) is 6.41. The summed E-state index contributed by atoms with van der Waals surface area (Å²) < 4.78 is 23.8. The molecule has 0 amide bonds. The largest absolute Gasteiger partial charge is 0.493 e. The summed E-state index contributed by atoms with van der Waals surface area (Å²) in [6.45, 7) is 2.27. The minimum Gasteiger partial charge on any atom is -0.493 e. The number of nitrogens with two attached hydrogens (primary N) is 1. The third-order valence-electron chi connectivity index (χ3n) is 3.02. The molecule has 3 nitrogen and oxygen atoms in total. The van der Waals surface area contributed by atoms with Gasteiger partial charge in [0.15, 0.2) is 11.5 Å². The Bertz CT molecular complexity index is 567. The van der Waals surface area contributed by atoms with Crippen LogP contribution in [0.4, 0.5) is 4.39 Å². The van der Waals surface area contributed by atoms with Gasteiger partial charge >= 0.3 is 0 Å². The molecule has 0 radical (unpaired) electrons. The molecule has 1 atom stereocenters. The van der Waals surface area contributed by atoms with Crippen molar-refractivity contribution >= 4 is 0 Å². The number of hydrogen-bond donors (Lipinski definition) is 1. The normalized spacial score (nSPS) is 12.0. The van der Waals surface area contributed by atoms with Crippen molar-refractivity contribution < 1.29 is 13.9 Å². The van der Waals surface area contributed by atoms with Gasteiger partial charge < -0.3 is 15.2 Å².